The number of aliphatic hydroxyl groups excluding tert-OH is 8. The molecule has 12 atom stereocenters. The van der Waals surface area contributed by atoms with Crippen LogP contribution in [0.15, 0.2) is 48.6 Å². The van der Waals surface area contributed by atoms with Gasteiger partial charge in [0.1, 0.15) is 48.8 Å². The third-order valence-electron chi connectivity index (χ3n) is 11.0. The van der Waals surface area contributed by atoms with E-state index in [9.17, 15) is 45.6 Å². The van der Waals surface area contributed by atoms with Crippen LogP contribution in [0.1, 0.15) is 142 Å². The number of allylic oxidation sites excluding steroid dienone is 7. The summed E-state index contributed by atoms with van der Waals surface area (Å²) < 4.78 is 22.5. The van der Waals surface area contributed by atoms with Crippen molar-refractivity contribution in [1.29, 1.82) is 0 Å². The lowest BCUT2D eigenvalue weighted by Crippen LogP contribution is -2.65. The van der Waals surface area contributed by atoms with E-state index in [2.05, 4.69) is 55.6 Å². The molecule has 2 aliphatic heterocycles. The fraction of sp³-hybridized carbons (Fsp3) is 0.804. The molecule has 2 saturated heterocycles. The van der Waals surface area contributed by atoms with Gasteiger partial charge in [-0.1, -0.05) is 127 Å². The van der Waals surface area contributed by atoms with Crippen LogP contribution in [0.2, 0.25) is 0 Å². The molecule has 0 aliphatic carbocycles. The van der Waals surface area contributed by atoms with E-state index in [4.69, 9.17) is 18.9 Å². The first kappa shape index (κ1) is 54.1. The number of nitrogens with one attached hydrogen (secondary N) is 1. The van der Waals surface area contributed by atoms with Gasteiger partial charge >= 0.3 is 0 Å². The van der Waals surface area contributed by atoms with Crippen molar-refractivity contribution in [3.05, 3.63) is 48.6 Å². The first-order valence-electron chi connectivity index (χ1n) is 22.9. The summed E-state index contributed by atoms with van der Waals surface area (Å²) in [5, 5.41) is 86.2. The third kappa shape index (κ3) is 21.4. The second kappa shape index (κ2) is 33.5. The number of aliphatic hydroxyl groups is 8. The van der Waals surface area contributed by atoms with Gasteiger partial charge in [0.15, 0.2) is 12.6 Å². The summed E-state index contributed by atoms with van der Waals surface area (Å²) in [7, 11) is 0. The molecule has 2 rings (SSSR count). The number of carbonyl (C=O) groups is 1. The molecule has 0 spiro atoms. The second-order valence-corrected chi connectivity index (χ2v) is 16.2. The average molecular weight is 856 g/mol. The second-order valence-electron chi connectivity index (χ2n) is 16.2. The van der Waals surface area contributed by atoms with Crippen molar-refractivity contribution in [2.75, 3.05) is 19.8 Å². The van der Waals surface area contributed by atoms with Gasteiger partial charge in [0, 0.05) is 6.42 Å². The highest BCUT2D eigenvalue weighted by molar-refractivity contribution is 5.76. The van der Waals surface area contributed by atoms with Gasteiger partial charge in [-0.2, -0.15) is 0 Å². The Morgan fingerprint density at radius 2 is 1.10 bits per heavy atom. The lowest BCUT2D eigenvalue weighted by Gasteiger charge is -2.46. The van der Waals surface area contributed by atoms with Gasteiger partial charge in [0.05, 0.1) is 32.0 Å². The van der Waals surface area contributed by atoms with Crippen LogP contribution >= 0.6 is 0 Å². The highest BCUT2D eigenvalue weighted by atomic mass is 16.7. The van der Waals surface area contributed by atoms with E-state index in [1.807, 2.05) is 6.08 Å². The lowest BCUT2D eigenvalue weighted by molar-refractivity contribution is -0.359. The van der Waals surface area contributed by atoms with Gasteiger partial charge < -0.3 is 65.1 Å². The number of amides is 1. The van der Waals surface area contributed by atoms with Gasteiger partial charge in [0.2, 0.25) is 5.91 Å². The molecule has 348 valence electrons. The zero-order chi connectivity index (χ0) is 44.0. The summed E-state index contributed by atoms with van der Waals surface area (Å²) in [5.74, 6) is -0.260. The van der Waals surface area contributed by atoms with E-state index in [1.54, 1.807) is 6.08 Å². The number of carbonyl (C=O) groups excluding carboxylic acids is 1. The van der Waals surface area contributed by atoms with Gasteiger partial charge in [-0.25, -0.2) is 0 Å². The van der Waals surface area contributed by atoms with Crippen LogP contribution in [0, 0.1) is 0 Å². The normalized spacial score (nSPS) is 28.7. The fourth-order valence-corrected chi connectivity index (χ4v) is 7.18. The maximum Gasteiger partial charge on any atom is 0.220 e. The average Bonchev–Trinajstić information content (AvgIpc) is 3.24. The number of hydrogen-bond donors (Lipinski definition) is 9. The number of ether oxygens (including phenoxy) is 4. The van der Waals surface area contributed by atoms with Crippen molar-refractivity contribution >= 4 is 5.91 Å². The third-order valence-corrected chi connectivity index (χ3v) is 11.0. The Labute approximate surface area is 359 Å². The molecule has 14 heteroatoms. The van der Waals surface area contributed by atoms with Crippen LogP contribution < -0.4 is 5.32 Å². The lowest BCUT2D eigenvalue weighted by atomic mass is 9.97. The molecule has 0 radical (unpaired) electrons. The van der Waals surface area contributed by atoms with Crippen molar-refractivity contribution in [3.8, 4) is 0 Å². The predicted molar refractivity (Wildman–Crippen MR) is 231 cm³/mol. The Hall–Kier alpha value is -2.05. The van der Waals surface area contributed by atoms with Crippen LogP contribution in [0.5, 0.6) is 0 Å². The molecular formula is C46H81NO13. The summed E-state index contributed by atoms with van der Waals surface area (Å²) in [6.07, 6.45) is 20.4. The first-order chi connectivity index (χ1) is 29.1. The molecule has 9 N–H and O–H groups in total. The molecule has 0 aromatic carbocycles. The van der Waals surface area contributed by atoms with Crippen LogP contribution in [0.3, 0.4) is 0 Å². The number of unbranched alkanes of at least 4 members (excludes halogenated alkanes) is 14. The molecule has 0 aromatic rings. The molecule has 12 unspecified atom stereocenters. The van der Waals surface area contributed by atoms with Crippen LogP contribution in [-0.4, -0.2) is 140 Å². The van der Waals surface area contributed by atoms with E-state index in [0.717, 1.165) is 83.5 Å². The Morgan fingerprint density at radius 3 is 1.72 bits per heavy atom. The molecule has 0 bridgehead atoms. The summed E-state index contributed by atoms with van der Waals surface area (Å²) in [5.41, 5.74) is 0. The molecule has 0 saturated carbocycles. The SMILES string of the molecule is CCCCC/C=C\C/C=C\C/C=C\CCCCCCCCC(=O)NC(COC1OC(CO)C(OC2OC(CO)C(O)C(O)C2O)C(O)C1O)C(O)/C=C/CCCCCCC. The Bertz CT molecular complexity index is 1200. The molecule has 0 aromatic heterocycles. The summed E-state index contributed by atoms with van der Waals surface area (Å²) in [6, 6.07) is -0.918. The molecule has 2 heterocycles. The predicted octanol–water partition coefficient (Wildman–Crippen LogP) is 4.54. The Morgan fingerprint density at radius 1 is 0.600 bits per heavy atom. The Balaban J connectivity index is 1.83. The summed E-state index contributed by atoms with van der Waals surface area (Å²) >= 11 is 0. The molecule has 60 heavy (non-hydrogen) atoms. The van der Waals surface area contributed by atoms with Crippen molar-refractivity contribution in [2.45, 2.75) is 216 Å². The van der Waals surface area contributed by atoms with Crippen molar-refractivity contribution in [3.63, 3.8) is 0 Å². The number of rotatable bonds is 33. The Kier molecular flexibility index (Phi) is 30.2. The zero-order valence-electron chi connectivity index (χ0n) is 36.4. The molecule has 14 nitrogen and oxygen atoms in total. The van der Waals surface area contributed by atoms with Gasteiger partial charge in [0.25, 0.3) is 0 Å². The van der Waals surface area contributed by atoms with Crippen LogP contribution in [-0.2, 0) is 23.7 Å². The molecule has 2 fully saturated rings. The minimum atomic E-state index is -1.79. The van der Waals surface area contributed by atoms with Gasteiger partial charge in [-0.3, -0.25) is 4.79 Å². The number of hydrogen-bond acceptors (Lipinski definition) is 13. The fourth-order valence-electron chi connectivity index (χ4n) is 7.18. The highest BCUT2D eigenvalue weighted by Gasteiger charge is 2.50. The monoisotopic (exact) mass is 856 g/mol. The quantitative estimate of drug-likeness (QED) is 0.0327. The van der Waals surface area contributed by atoms with E-state index in [1.165, 1.54) is 32.1 Å². The first-order valence-corrected chi connectivity index (χ1v) is 22.9. The van der Waals surface area contributed by atoms with E-state index >= 15 is 0 Å². The topological polar surface area (TPSA) is 228 Å². The van der Waals surface area contributed by atoms with Crippen molar-refractivity contribution in [1.82, 2.24) is 5.32 Å². The van der Waals surface area contributed by atoms with E-state index < -0.39 is 86.8 Å². The maximum absolute atomic E-state index is 13.1. The summed E-state index contributed by atoms with van der Waals surface area (Å²) in [4.78, 5) is 13.1. The minimum absolute atomic E-state index is 0.260. The van der Waals surface area contributed by atoms with E-state index in [0.29, 0.717) is 6.42 Å². The van der Waals surface area contributed by atoms with Gasteiger partial charge in [-0.15, -0.1) is 0 Å². The van der Waals surface area contributed by atoms with Crippen molar-refractivity contribution in [2.24, 2.45) is 0 Å². The molecule has 1 amide bonds. The smallest absolute Gasteiger partial charge is 0.220 e. The molecular weight excluding hydrogens is 774 g/mol. The van der Waals surface area contributed by atoms with Crippen LogP contribution in [0.4, 0.5) is 0 Å². The highest BCUT2D eigenvalue weighted by Crippen LogP contribution is 2.30. The van der Waals surface area contributed by atoms with Gasteiger partial charge in [-0.05, 0) is 57.8 Å². The summed E-state index contributed by atoms with van der Waals surface area (Å²) in [6.45, 7) is 2.65. The standard InChI is InChI=1S/C46H81NO13/c1-3-5-7-9-11-12-13-14-15-16-17-18-19-20-21-22-24-26-28-30-38(51)47-34(35(50)29-27-25-23-10-8-6-4-2)33-57-45-43(56)41(54)44(37(32-49)59-45)60-46-42(55)40(53)39(52)36(31-48)58-46/h11-12,14-15,17-18,27,29,34-37,39-46,48-50,52-56H,3-10,13,16,19-26,28,30-33H2,1-2H3,(H,47,51)/b12-11-,15-14-,18-17-,29-27+. The van der Waals surface area contributed by atoms with E-state index in [-0.39, 0.29) is 18.9 Å². The van der Waals surface area contributed by atoms with Crippen LogP contribution in [0.25, 0.3) is 0 Å². The van der Waals surface area contributed by atoms with Crippen molar-refractivity contribution < 1.29 is 64.6 Å². The minimum Gasteiger partial charge on any atom is -0.394 e. The maximum atomic E-state index is 13.1. The zero-order valence-corrected chi connectivity index (χ0v) is 36.4. The largest absolute Gasteiger partial charge is 0.394 e. The molecule has 2 aliphatic rings.